The number of likely N-dealkylation sites (tertiary alicyclic amines) is 1. The number of halogens is 1. The van der Waals surface area contributed by atoms with Crippen molar-refractivity contribution in [3.8, 4) is 11.5 Å². The van der Waals surface area contributed by atoms with Crippen LogP contribution in [0.5, 0.6) is 11.5 Å². The lowest BCUT2D eigenvalue weighted by molar-refractivity contribution is -0.150. The summed E-state index contributed by atoms with van der Waals surface area (Å²) in [6.07, 6.45) is 1.89. The van der Waals surface area contributed by atoms with Crippen molar-refractivity contribution in [3.63, 3.8) is 0 Å². The van der Waals surface area contributed by atoms with Gasteiger partial charge in [0.15, 0.2) is 11.5 Å². The van der Waals surface area contributed by atoms with E-state index < -0.39 is 0 Å². The highest BCUT2D eigenvalue weighted by Gasteiger charge is 2.27. The second-order valence-electron chi connectivity index (χ2n) is 5.45. The number of hydrogen-bond donors (Lipinski definition) is 1. The largest absolute Gasteiger partial charge is 0.504 e. The van der Waals surface area contributed by atoms with Crippen molar-refractivity contribution in [2.24, 2.45) is 5.92 Å². The van der Waals surface area contributed by atoms with E-state index in [2.05, 4.69) is 27.5 Å². The van der Waals surface area contributed by atoms with Crippen molar-refractivity contribution in [1.29, 1.82) is 0 Å². The summed E-state index contributed by atoms with van der Waals surface area (Å²) >= 11 is 2.10. The number of phenols is 1. The molecule has 1 aromatic carbocycles. The summed E-state index contributed by atoms with van der Waals surface area (Å²) in [6.45, 7) is 4.70. The molecule has 0 aromatic heterocycles. The molecule has 2 rings (SSSR count). The van der Waals surface area contributed by atoms with E-state index >= 15 is 0 Å². The van der Waals surface area contributed by atoms with Crippen molar-refractivity contribution >= 4 is 28.6 Å². The molecule has 1 unspecified atom stereocenters. The van der Waals surface area contributed by atoms with Crippen LogP contribution in [0.1, 0.15) is 25.3 Å². The monoisotopic (exact) mass is 419 g/mol. The molecule has 0 amide bonds. The first-order valence-electron chi connectivity index (χ1n) is 7.49. The van der Waals surface area contributed by atoms with Gasteiger partial charge in [-0.3, -0.25) is 9.69 Å². The minimum atomic E-state index is -0.0925. The fourth-order valence-corrected chi connectivity index (χ4v) is 3.45. The van der Waals surface area contributed by atoms with Gasteiger partial charge in [0, 0.05) is 13.1 Å². The average Bonchev–Trinajstić information content (AvgIpc) is 2.51. The van der Waals surface area contributed by atoms with Crippen molar-refractivity contribution in [2.75, 3.05) is 26.8 Å². The quantitative estimate of drug-likeness (QED) is 0.588. The summed E-state index contributed by atoms with van der Waals surface area (Å²) in [6, 6.07) is 3.80. The van der Waals surface area contributed by atoms with E-state index in [0.29, 0.717) is 12.4 Å². The van der Waals surface area contributed by atoms with Gasteiger partial charge in [-0.2, -0.15) is 0 Å². The average molecular weight is 419 g/mol. The van der Waals surface area contributed by atoms with Gasteiger partial charge in [0.2, 0.25) is 0 Å². The molecule has 5 nitrogen and oxygen atoms in total. The lowest BCUT2D eigenvalue weighted by Crippen LogP contribution is -2.38. The maximum absolute atomic E-state index is 11.9. The van der Waals surface area contributed by atoms with E-state index in [4.69, 9.17) is 9.47 Å². The van der Waals surface area contributed by atoms with Gasteiger partial charge < -0.3 is 14.6 Å². The normalized spacial score (nSPS) is 19.0. The van der Waals surface area contributed by atoms with Gasteiger partial charge in [-0.15, -0.1) is 0 Å². The van der Waals surface area contributed by atoms with Crippen LogP contribution in [-0.2, 0) is 16.1 Å². The molecule has 122 valence electrons. The van der Waals surface area contributed by atoms with Crippen LogP contribution >= 0.6 is 22.6 Å². The number of nitrogens with zero attached hydrogens (tertiary/aromatic N) is 1. The lowest BCUT2D eigenvalue weighted by atomic mass is 9.97. The standard InChI is InChI=1S/C16H22INO4/c1-3-22-16(20)12-5-4-6-18(10-12)9-11-7-13(17)15(19)14(8-11)21-2/h7-8,12,19H,3-6,9-10H2,1-2H3. The minimum Gasteiger partial charge on any atom is -0.504 e. The molecule has 1 aliphatic heterocycles. The van der Waals surface area contributed by atoms with Gasteiger partial charge in [0.05, 0.1) is 23.2 Å². The lowest BCUT2D eigenvalue weighted by Gasteiger charge is -2.31. The predicted molar refractivity (Wildman–Crippen MR) is 92.0 cm³/mol. The zero-order valence-corrected chi connectivity index (χ0v) is 15.1. The Morgan fingerprint density at radius 2 is 2.27 bits per heavy atom. The third kappa shape index (κ3) is 4.25. The molecule has 0 aliphatic carbocycles. The fraction of sp³-hybridized carbons (Fsp3) is 0.562. The second kappa shape index (κ2) is 8.01. The fourth-order valence-electron chi connectivity index (χ4n) is 2.78. The summed E-state index contributed by atoms with van der Waals surface area (Å²) in [5.41, 5.74) is 1.07. The number of ether oxygens (including phenoxy) is 2. The molecule has 1 aromatic rings. The Morgan fingerprint density at radius 1 is 1.50 bits per heavy atom. The zero-order valence-electron chi connectivity index (χ0n) is 13.0. The molecule has 22 heavy (non-hydrogen) atoms. The summed E-state index contributed by atoms with van der Waals surface area (Å²) in [4.78, 5) is 14.1. The molecule has 1 saturated heterocycles. The van der Waals surface area contributed by atoms with E-state index in [1.165, 1.54) is 0 Å². The van der Waals surface area contributed by atoms with Gasteiger partial charge in [0.25, 0.3) is 0 Å². The molecule has 0 spiro atoms. The van der Waals surface area contributed by atoms with Crippen molar-refractivity contribution in [3.05, 3.63) is 21.3 Å². The van der Waals surface area contributed by atoms with E-state index in [0.717, 1.165) is 41.6 Å². The van der Waals surface area contributed by atoms with Crippen LogP contribution < -0.4 is 4.74 Å². The van der Waals surface area contributed by atoms with E-state index in [9.17, 15) is 9.90 Å². The molecule has 1 heterocycles. The van der Waals surface area contributed by atoms with E-state index in [1.54, 1.807) is 7.11 Å². The minimum absolute atomic E-state index is 0.0354. The Balaban J connectivity index is 2.04. The molecule has 0 bridgehead atoms. The Morgan fingerprint density at radius 3 is 2.95 bits per heavy atom. The Hall–Kier alpha value is -1.02. The molecule has 1 fully saturated rings. The first kappa shape index (κ1) is 17.3. The number of piperidine rings is 1. The number of aromatic hydroxyl groups is 1. The first-order chi connectivity index (χ1) is 10.5. The van der Waals surface area contributed by atoms with Crippen LogP contribution in [0, 0.1) is 9.49 Å². The van der Waals surface area contributed by atoms with Crippen molar-refractivity contribution in [2.45, 2.75) is 26.3 Å². The number of methoxy groups -OCH3 is 1. The zero-order chi connectivity index (χ0) is 16.1. The third-order valence-corrected chi connectivity index (χ3v) is 4.66. The molecular weight excluding hydrogens is 397 g/mol. The topological polar surface area (TPSA) is 59.0 Å². The molecule has 1 aliphatic rings. The number of benzene rings is 1. The van der Waals surface area contributed by atoms with Gasteiger partial charge >= 0.3 is 5.97 Å². The number of hydrogen-bond acceptors (Lipinski definition) is 5. The van der Waals surface area contributed by atoms with Crippen molar-refractivity contribution < 1.29 is 19.4 Å². The maximum atomic E-state index is 11.9. The van der Waals surface area contributed by atoms with E-state index in [-0.39, 0.29) is 17.6 Å². The highest BCUT2D eigenvalue weighted by atomic mass is 127. The predicted octanol–water partition coefficient (Wildman–Crippen LogP) is 2.78. The number of phenolic OH excluding ortho intramolecular Hbond substituents is 1. The van der Waals surface area contributed by atoms with Gasteiger partial charge in [0.1, 0.15) is 0 Å². The van der Waals surface area contributed by atoms with Crippen LogP contribution in [0.2, 0.25) is 0 Å². The molecule has 6 heteroatoms. The van der Waals surface area contributed by atoms with Crippen LogP contribution in [0.15, 0.2) is 12.1 Å². The molecular formula is C16H22INO4. The number of carbonyl (C=O) groups is 1. The SMILES string of the molecule is CCOC(=O)C1CCCN(Cc2cc(I)c(O)c(OC)c2)C1. The second-order valence-corrected chi connectivity index (χ2v) is 6.62. The smallest absolute Gasteiger partial charge is 0.310 e. The maximum Gasteiger partial charge on any atom is 0.310 e. The van der Waals surface area contributed by atoms with Crippen LogP contribution in [0.25, 0.3) is 0 Å². The summed E-state index contributed by atoms with van der Waals surface area (Å²) in [5, 5.41) is 9.89. The summed E-state index contributed by atoms with van der Waals surface area (Å²) in [5.74, 6) is 0.535. The molecule has 1 atom stereocenters. The highest BCUT2D eigenvalue weighted by Crippen LogP contribution is 2.33. The summed E-state index contributed by atoms with van der Waals surface area (Å²) < 4.78 is 11.1. The Kier molecular flexibility index (Phi) is 6.31. The van der Waals surface area contributed by atoms with E-state index in [1.807, 2.05) is 19.1 Å². The third-order valence-electron chi connectivity index (χ3n) is 3.84. The molecule has 1 N–H and O–H groups in total. The molecule has 0 radical (unpaired) electrons. The van der Waals surface area contributed by atoms with Crippen LogP contribution in [0.4, 0.5) is 0 Å². The number of esters is 1. The van der Waals surface area contributed by atoms with Crippen LogP contribution in [0.3, 0.4) is 0 Å². The highest BCUT2D eigenvalue weighted by molar-refractivity contribution is 14.1. The summed E-state index contributed by atoms with van der Waals surface area (Å²) in [7, 11) is 1.55. The number of carbonyl (C=O) groups excluding carboxylic acids is 1. The van der Waals surface area contributed by atoms with Crippen LogP contribution in [-0.4, -0.2) is 42.8 Å². The first-order valence-corrected chi connectivity index (χ1v) is 8.57. The number of rotatable bonds is 5. The van der Waals surface area contributed by atoms with Gasteiger partial charge in [-0.1, -0.05) is 0 Å². The van der Waals surface area contributed by atoms with Gasteiger partial charge in [-0.25, -0.2) is 0 Å². The Bertz CT molecular complexity index is 535. The molecule has 0 saturated carbocycles. The van der Waals surface area contributed by atoms with Crippen molar-refractivity contribution in [1.82, 2.24) is 4.90 Å². The Labute approximate surface area is 144 Å². The van der Waals surface area contributed by atoms with Gasteiger partial charge in [-0.05, 0) is 66.6 Å².